The molecule has 2 rings (SSSR count). The zero-order valence-electron chi connectivity index (χ0n) is 17.7. The maximum atomic E-state index is 12.7. The molecule has 0 saturated carbocycles. The third kappa shape index (κ3) is 5.44. The number of rotatable bonds is 10. The van der Waals surface area contributed by atoms with E-state index in [-0.39, 0.29) is 30.4 Å². The minimum absolute atomic E-state index is 0.159. The zero-order valence-corrected chi connectivity index (χ0v) is 18.5. The van der Waals surface area contributed by atoms with Crippen molar-refractivity contribution in [3.63, 3.8) is 0 Å². The van der Waals surface area contributed by atoms with Crippen LogP contribution in [0.25, 0.3) is 6.08 Å². The molecule has 0 radical (unpaired) electrons. The highest BCUT2D eigenvalue weighted by molar-refractivity contribution is 8.18. The molecule has 0 spiro atoms. The molecule has 1 atom stereocenters. The molecule has 0 N–H and O–H groups in total. The van der Waals surface area contributed by atoms with Crippen molar-refractivity contribution in [2.75, 3.05) is 20.3 Å². The lowest BCUT2D eigenvalue weighted by Crippen LogP contribution is -2.36. The summed E-state index contributed by atoms with van der Waals surface area (Å²) in [5, 5.41) is -0.270. The van der Waals surface area contributed by atoms with E-state index in [4.69, 9.17) is 14.2 Å². The average molecular weight is 434 g/mol. The standard InChI is InChI=1S/C22H27NO6S/c1-6-9-16-10-15(11-17(27-5)20(16)29-13-19(24)28-8-3)12-18-21(25)23(14(4)7-2)22(26)30-18/h6,10-12,14H,1,7-9,13H2,2-5H3/b18-12+/t14-/m0/s1. The summed E-state index contributed by atoms with van der Waals surface area (Å²) in [6, 6.07) is 3.36. The van der Waals surface area contributed by atoms with Crippen molar-refractivity contribution >= 4 is 35.0 Å². The van der Waals surface area contributed by atoms with Gasteiger partial charge in [0, 0.05) is 11.6 Å². The first-order valence-electron chi connectivity index (χ1n) is 9.73. The zero-order chi connectivity index (χ0) is 22.3. The van der Waals surface area contributed by atoms with Crippen molar-refractivity contribution in [3.05, 3.63) is 40.8 Å². The topological polar surface area (TPSA) is 82.1 Å². The highest BCUT2D eigenvalue weighted by Crippen LogP contribution is 2.37. The van der Waals surface area contributed by atoms with Crippen molar-refractivity contribution < 1.29 is 28.6 Å². The Balaban J connectivity index is 2.38. The molecule has 1 aliphatic rings. The smallest absolute Gasteiger partial charge is 0.344 e. The van der Waals surface area contributed by atoms with E-state index >= 15 is 0 Å². The van der Waals surface area contributed by atoms with E-state index in [9.17, 15) is 14.4 Å². The molecule has 0 aromatic heterocycles. The highest BCUT2D eigenvalue weighted by atomic mass is 32.2. The van der Waals surface area contributed by atoms with Gasteiger partial charge in [-0.15, -0.1) is 6.58 Å². The lowest BCUT2D eigenvalue weighted by molar-refractivity contribution is -0.145. The van der Waals surface area contributed by atoms with Gasteiger partial charge in [-0.2, -0.15) is 0 Å². The Kier molecular flexibility index (Phi) is 8.53. The number of imide groups is 1. The number of hydrogen-bond donors (Lipinski definition) is 0. The van der Waals surface area contributed by atoms with Gasteiger partial charge in [0.2, 0.25) is 0 Å². The molecule has 1 heterocycles. The second-order valence-corrected chi connectivity index (χ2v) is 7.60. The summed E-state index contributed by atoms with van der Waals surface area (Å²) >= 11 is 0.922. The monoisotopic (exact) mass is 433 g/mol. The minimum atomic E-state index is -0.480. The van der Waals surface area contributed by atoms with Crippen LogP contribution in [0.2, 0.25) is 0 Å². The third-order valence-electron chi connectivity index (χ3n) is 4.53. The Bertz CT molecular complexity index is 863. The molecule has 7 nitrogen and oxygen atoms in total. The van der Waals surface area contributed by atoms with Gasteiger partial charge in [-0.3, -0.25) is 14.5 Å². The molecule has 1 aromatic carbocycles. The summed E-state index contributed by atoms with van der Waals surface area (Å²) < 4.78 is 16.0. The maximum absolute atomic E-state index is 12.7. The van der Waals surface area contributed by atoms with Crippen LogP contribution in [0, 0.1) is 0 Å². The number of allylic oxidation sites excluding steroid dienone is 1. The summed E-state index contributed by atoms with van der Waals surface area (Å²) in [4.78, 5) is 38.3. The molecule has 1 saturated heterocycles. The summed E-state index contributed by atoms with van der Waals surface area (Å²) in [7, 11) is 1.49. The van der Waals surface area contributed by atoms with Crippen molar-refractivity contribution in [1.82, 2.24) is 4.90 Å². The van der Waals surface area contributed by atoms with Gasteiger partial charge in [0.25, 0.3) is 11.1 Å². The number of ether oxygens (including phenoxy) is 3. The number of benzene rings is 1. The molecule has 1 aliphatic heterocycles. The number of carbonyl (C=O) groups is 3. The lowest BCUT2D eigenvalue weighted by atomic mass is 10.0. The number of esters is 1. The van der Waals surface area contributed by atoms with Crippen LogP contribution in [0.3, 0.4) is 0 Å². The van der Waals surface area contributed by atoms with Crippen LogP contribution in [0.4, 0.5) is 4.79 Å². The molecular weight excluding hydrogens is 406 g/mol. The van der Waals surface area contributed by atoms with E-state index in [1.807, 2.05) is 19.9 Å². The summed E-state index contributed by atoms with van der Waals surface area (Å²) in [6.07, 6.45) is 4.52. The molecule has 2 amide bonds. The Morgan fingerprint density at radius 1 is 1.30 bits per heavy atom. The fourth-order valence-corrected chi connectivity index (χ4v) is 3.85. The van der Waals surface area contributed by atoms with E-state index in [0.717, 1.165) is 17.3 Å². The van der Waals surface area contributed by atoms with Gasteiger partial charge in [-0.25, -0.2) is 4.79 Å². The van der Waals surface area contributed by atoms with Crippen LogP contribution < -0.4 is 9.47 Å². The Hall–Kier alpha value is -2.74. The van der Waals surface area contributed by atoms with Crippen molar-refractivity contribution in [3.8, 4) is 11.5 Å². The number of amides is 2. The summed E-state index contributed by atoms with van der Waals surface area (Å²) in [5.41, 5.74) is 1.42. The predicted molar refractivity (Wildman–Crippen MR) is 117 cm³/mol. The van der Waals surface area contributed by atoms with Gasteiger partial charge in [0.1, 0.15) is 0 Å². The fourth-order valence-electron chi connectivity index (χ4n) is 2.92. The SMILES string of the molecule is C=CCc1cc(/C=C2/SC(=O)N([C@@H](C)CC)C2=O)cc(OC)c1OCC(=O)OCC. The van der Waals surface area contributed by atoms with Crippen LogP contribution in [0.1, 0.15) is 38.3 Å². The number of nitrogens with zero attached hydrogens (tertiary/aromatic N) is 1. The highest BCUT2D eigenvalue weighted by Gasteiger charge is 2.37. The van der Waals surface area contributed by atoms with E-state index in [1.54, 1.807) is 25.1 Å². The van der Waals surface area contributed by atoms with Crippen LogP contribution in [-0.4, -0.2) is 48.4 Å². The Labute approximate surface area is 181 Å². The minimum Gasteiger partial charge on any atom is -0.493 e. The van der Waals surface area contributed by atoms with Crippen LogP contribution in [-0.2, 0) is 20.7 Å². The van der Waals surface area contributed by atoms with Gasteiger partial charge in [-0.1, -0.05) is 13.0 Å². The average Bonchev–Trinajstić information content (AvgIpc) is 2.99. The summed E-state index contributed by atoms with van der Waals surface area (Å²) in [6.45, 7) is 9.28. The van der Waals surface area contributed by atoms with Gasteiger partial charge >= 0.3 is 5.97 Å². The summed E-state index contributed by atoms with van der Waals surface area (Å²) in [5.74, 6) is 0.0412. The van der Waals surface area contributed by atoms with Crippen LogP contribution >= 0.6 is 11.8 Å². The van der Waals surface area contributed by atoms with E-state index in [2.05, 4.69) is 6.58 Å². The van der Waals surface area contributed by atoms with Crippen molar-refractivity contribution in [1.29, 1.82) is 0 Å². The lowest BCUT2D eigenvalue weighted by Gasteiger charge is -2.19. The quantitative estimate of drug-likeness (QED) is 0.311. The molecule has 162 valence electrons. The Morgan fingerprint density at radius 3 is 2.63 bits per heavy atom. The van der Waals surface area contributed by atoms with E-state index in [0.29, 0.717) is 34.8 Å². The van der Waals surface area contributed by atoms with Gasteiger partial charge in [0.15, 0.2) is 18.1 Å². The van der Waals surface area contributed by atoms with Crippen LogP contribution in [0.15, 0.2) is 29.7 Å². The molecule has 0 unspecified atom stereocenters. The van der Waals surface area contributed by atoms with Crippen LogP contribution in [0.5, 0.6) is 11.5 Å². The predicted octanol–water partition coefficient (Wildman–Crippen LogP) is 4.20. The second-order valence-electron chi connectivity index (χ2n) is 6.61. The number of thioether (sulfide) groups is 1. The second kappa shape index (κ2) is 10.9. The normalized spacial score (nSPS) is 16.0. The molecule has 8 heteroatoms. The molecule has 1 fully saturated rings. The number of carbonyl (C=O) groups excluding carboxylic acids is 3. The molecule has 0 aliphatic carbocycles. The largest absolute Gasteiger partial charge is 0.493 e. The third-order valence-corrected chi connectivity index (χ3v) is 5.41. The van der Waals surface area contributed by atoms with Gasteiger partial charge in [-0.05, 0) is 62.2 Å². The maximum Gasteiger partial charge on any atom is 0.344 e. The van der Waals surface area contributed by atoms with Gasteiger partial charge in [0.05, 0.1) is 18.6 Å². The van der Waals surface area contributed by atoms with E-state index in [1.165, 1.54) is 12.0 Å². The molecular formula is C22H27NO6S. The van der Waals surface area contributed by atoms with Crippen molar-refractivity contribution in [2.24, 2.45) is 0 Å². The molecule has 30 heavy (non-hydrogen) atoms. The van der Waals surface area contributed by atoms with E-state index < -0.39 is 5.97 Å². The molecule has 1 aromatic rings. The first-order chi connectivity index (χ1) is 14.4. The van der Waals surface area contributed by atoms with Crippen molar-refractivity contribution in [2.45, 2.75) is 39.7 Å². The van der Waals surface area contributed by atoms with Gasteiger partial charge < -0.3 is 14.2 Å². The Morgan fingerprint density at radius 2 is 2.03 bits per heavy atom. The first kappa shape index (κ1) is 23.5. The number of methoxy groups -OCH3 is 1. The molecule has 0 bridgehead atoms. The fraction of sp³-hybridized carbons (Fsp3) is 0.409. The first-order valence-corrected chi connectivity index (χ1v) is 10.5. The number of hydrogen-bond acceptors (Lipinski definition) is 7.